The first-order valence-corrected chi connectivity index (χ1v) is 6.50. The molecular weight excluding hydrogens is 279 g/mol. The molecule has 114 valence electrons. The van der Waals surface area contributed by atoms with Crippen LogP contribution in [-0.2, 0) is 9.59 Å². The molecule has 0 spiro atoms. The van der Waals surface area contributed by atoms with Crippen LogP contribution in [0.1, 0.15) is 30.1 Å². The van der Waals surface area contributed by atoms with Gasteiger partial charge in [-0.25, -0.2) is 9.18 Å². The molecule has 0 aromatic heterocycles. The first-order chi connectivity index (χ1) is 9.93. The van der Waals surface area contributed by atoms with Crippen LogP contribution in [0.4, 0.5) is 4.39 Å². The summed E-state index contributed by atoms with van der Waals surface area (Å²) in [6.45, 7) is 1.43. The Morgan fingerprint density at radius 3 is 2.62 bits per heavy atom. The van der Waals surface area contributed by atoms with Crippen molar-refractivity contribution in [3.63, 3.8) is 0 Å². The van der Waals surface area contributed by atoms with E-state index in [0.29, 0.717) is 12.8 Å². The van der Waals surface area contributed by atoms with Crippen molar-refractivity contribution in [3.8, 4) is 0 Å². The first-order valence-electron chi connectivity index (χ1n) is 6.50. The summed E-state index contributed by atoms with van der Waals surface area (Å²) in [4.78, 5) is 34.1. The minimum absolute atomic E-state index is 0.0890. The Labute approximate surface area is 121 Å². The van der Waals surface area contributed by atoms with Crippen LogP contribution in [-0.4, -0.2) is 35.5 Å². The molecule has 3 N–H and O–H groups in total. The molecule has 7 heteroatoms. The Morgan fingerprint density at radius 1 is 1.33 bits per heavy atom. The monoisotopic (exact) mass is 296 g/mol. The molecule has 1 aromatic rings. The zero-order chi connectivity index (χ0) is 15.8. The van der Waals surface area contributed by atoms with Crippen molar-refractivity contribution in [2.24, 2.45) is 0 Å². The van der Waals surface area contributed by atoms with Crippen molar-refractivity contribution in [1.82, 2.24) is 10.6 Å². The van der Waals surface area contributed by atoms with Crippen molar-refractivity contribution >= 4 is 17.8 Å². The minimum atomic E-state index is -1.12. The average molecular weight is 296 g/mol. The summed E-state index contributed by atoms with van der Waals surface area (Å²) in [6.07, 6.45) is 0.909. The topological polar surface area (TPSA) is 95.5 Å². The third-order valence-corrected chi connectivity index (χ3v) is 2.71. The molecule has 1 rings (SSSR count). The van der Waals surface area contributed by atoms with E-state index in [4.69, 9.17) is 5.11 Å². The van der Waals surface area contributed by atoms with Gasteiger partial charge in [0.2, 0.25) is 5.91 Å². The van der Waals surface area contributed by atoms with E-state index in [9.17, 15) is 18.8 Å². The summed E-state index contributed by atoms with van der Waals surface area (Å²) < 4.78 is 12.9. The molecule has 2 amide bonds. The number of halogens is 1. The van der Waals surface area contributed by atoms with Gasteiger partial charge in [-0.15, -0.1) is 0 Å². The number of amides is 2. The zero-order valence-corrected chi connectivity index (χ0v) is 11.6. The van der Waals surface area contributed by atoms with Gasteiger partial charge < -0.3 is 15.7 Å². The molecule has 0 aliphatic rings. The Kier molecular flexibility index (Phi) is 6.32. The number of aliphatic carboxylic acids is 1. The minimum Gasteiger partial charge on any atom is -0.480 e. The normalized spacial score (nSPS) is 11.5. The van der Waals surface area contributed by atoms with Crippen LogP contribution in [0, 0.1) is 5.82 Å². The summed E-state index contributed by atoms with van der Waals surface area (Å²) in [6, 6.07) is 4.06. The maximum atomic E-state index is 12.9. The Balaban J connectivity index is 2.49. The van der Waals surface area contributed by atoms with Crippen molar-refractivity contribution in [2.75, 3.05) is 6.54 Å². The molecule has 0 saturated carbocycles. The molecule has 0 aliphatic carbocycles. The highest BCUT2D eigenvalue weighted by molar-refractivity contribution is 5.96. The van der Waals surface area contributed by atoms with E-state index in [1.807, 2.05) is 0 Å². The van der Waals surface area contributed by atoms with E-state index in [-0.39, 0.29) is 12.1 Å². The predicted octanol–water partition coefficient (Wildman–Crippen LogP) is 0.925. The van der Waals surface area contributed by atoms with Gasteiger partial charge in [0.1, 0.15) is 11.9 Å². The predicted molar refractivity (Wildman–Crippen MR) is 73.2 cm³/mol. The maximum absolute atomic E-state index is 12.9. The molecule has 0 heterocycles. The lowest BCUT2D eigenvalue weighted by atomic mass is 10.1. The maximum Gasteiger partial charge on any atom is 0.326 e. The van der Waals surface area contributed by atoms with Crippen molar-refractivity contribution < 1.29 is 23.9 Å². The van der Waals surface area contributed by atoms with Gasteiger partial charge in [-0.1, -0.05) is 19.4 Å². The third-order valence-electron chi connectivity index (χ3n) is 2.71. The number of hydrogen-bond donors (Lipinski definition) is 3. The number of carboxylic acids is 1. The number of carbonyl (C=O) groups is 3. The molecule has 0 radical (unpaired) electrons. The van der Waals surface area contributed by atoms with Crippen molar-refractivity contribution in [2.45, 2.75) is 25.8 Å². The Bertz CT molecular complexity index is 533. The van der Waals surface area contributed by atoms with E-state index >= 15 is 0 Å². The molecule has 0 fully saturated rings. The third kappa shape index (κ3) is 5.60. The quantitative estimate of drug-likeness (QED) is 0.697. The molecule has 1 atom stereocenters. The van der Waals surface area contributed by atoms with Gasteiger partial charge in [0, 0.05) is 5.56 Å². The van der Waals surface area contributed by atoms with Gasteiger partial charge in [-0.2, -0.15) is 0 Å². The summed E-state index contributed by atoms with van der Waals surface area (Å²) in [5.41, 5.74) is 0.0890. The van der Waals surface area contributed by atoms with Crippen LogP contribution in [0.5, 0.6) is 0 Å². The molecule has 0 bridgehead atoms. The van der Waals surface area contributed by atoms with Crippen LogP contribution >= 0.6 is 0 Å². The molecular formula is C14H17FN2O4. The highest BCUT2D eigenvalue weighted by Gasteiger charge is 2.19. The number of benzene rings is 1. The van der Waals surface area contributed by atoms with Crippen molar-refractivity contribution in [1.29, 1.82) is 0 Å². The zero-order valence-electron chi connectivity index (χ0n) is 11.6. The summed E-state index contributed by atoms with van der Waals surface area (Å²) in [5, 5.41) is 13.5. The fourth-order valence-corrected chi connectivity index (χ4v) is 1.68. The molecule has 1 aromatic carbocycles. The molecule has 6 nitrogen and oxygen atoms in total. The SMILES string of the molecule is CCCC(NC(=O)CNC(=O)c1cccc(F)c1)C(=O)O. The van der Waals surface area contributed by atoms with E-state index in [0.717, 1.165) is 6.07 Å². The largest absolute Gasteiger partial charge is 0.480 e. The van der Waals surface area contributed by atoms with Crippen LogP contribution in [0.2, 0.25) is 0 Å². The summed E-state index contributed by atoms with van der Waals surface area (Å²) in [5.74, 6) is -2.89. The molecule has 0 saturated heterocycles. The Hall–Kier alpha value is -2.44. The summed E-state index contributed by atoms with van der Waals surface area (Å²) in [7, 11) is 0. The lowest BCUT2D eigenvalue weighted by Gasteiger charge is -2.13. The first kappa shape index (κ1) is 16.6. The molecule has 1 unspecified atom stereocenters. The van der Waals surface area contributed by atoms with Crippen LogP contribution in [0.25, 0.3) is 0 Å². The second-order valence-electron chi connectivity index (χ2n) is 4.44. The number of carbonyl (C=O) groups excluding carboxylic acids is 2. The molecule has 21 heavy (non-hydrogen) atoms. The fourth-order valence-electron chi connectivity index (χ4n) is 1.68. The van der Waals surface area contributed by atoms with Gasteiger partial charge in [0.25, 0.3) is 5.91 Å². The van der Waals surface area contributed by atoms with E-state index < -0.39 is 29.6 Å². The van der Waals surface area contributed by atoms with Gasteiger partial charge in [-0.05, 0) is 24.6 Å². The van der Waals surface area contributed by atoms with E-state index in [1.54, 1.807) is 6.92 Å². The van der Waals surface area contributed by atoms with Crippen LogP contribution < -0.4 is 10.6 Å². The van der Waals surface area contributed by atoms with Gasteiger partial charge >= 0.3 is 5.97 Å². The number of carboxylic acid groups (broad SMARTS) is 1. The Morgan fingerprint density at radius 2 is 2.05 bits per heavy atom. The lowest BCUT2D eigenvalue weighted by Crippen LogP contribution is -2.45. The van der Waals surface area contributed by atoms with Crippen LogP contribution in [0.15, 0.2) is 24.3 Å². The summed E-state index contributed by atoms with van der Waals surface area (Å²) >= 11 is 0. The number of rotatable bonds is 7. The number of nitrogens with one attached hydrogen (secondary N) is 2. The number of hydrogen-bond acceptors (Lipinski definition) is 3. The van der Waals surface area contributed by atoms with Gasteiger partial charge in [0.05, 0.1) is 6.54 Å². The lowest BCUT2D eigenvalue weighted by molar-refractivity contribution is -0.141. The second-order valence-corrected chi connectivity index (χ2v) is 4.44. The smallest absolute Gasteiger partial charge is 0.326 e. The fraction of sp³-hybridized carbons (Fsp3) is 0.357. The highest BCUT2D eigenvalue weighted by atomic mass is 19.1. The van der Waals surface area contributed by atoms with E-state index in [1.165, 1.54) is 18.2 Å². The van der Waals surface area contributed by atoms with Crippen LogP contribution in [0.3, 0.4) is 0 Å². The standard InChI is InChI=1S/C14H17FN2O4/c1-2-4-11(14(20)21)17-12(18)8-16-13(19)9-5-3-6-10(15)7-9/h3,5-7,11H,2,4,8H2,1H3,(H,16,19)(H,17,18)(H,20,21). The highest BCUT2D eigenvalue weighted by Crippen LogP contribution is 2.03. The van der Waals surface area contributed by atoms with Crippen molar-refractivity contribution in [3.05, 3.63) is 35.6 Å². The van der Waals surface area contributed by atoms with E-state index in [2.05, 4.69) is 10.6 Å². The second kappa shape index (κ2) is 7.98. The molecule has 0 aliphatic heterocycles. The average Bonchev–Trinajstić information content (AvgIpc) is 2.44. The van der Waals surface area contributed by atoms with Gasteiger partial charge in [0.15, 0.2) is 0 Å². The van der Waals surface area contributed by atoms with Gasteiger partial charge in [-0.3, -0.25) is 9.59 Å².